The van der Waals surface area contributed by atoms with Gasteiger partial charge in [0, 0.05) is 12.4 Å². The van der Waals surface area contributed by atoms with E-state index in [-0.39, 0.29) is 6.10 Å². The van der Waals surface area contributed by atoms with E-state index in [2.05, 4.69) is 43.1 Å². The zero-order valence-electron chi connectivity index (χ0n) is 9.63. The van der Waals surface area contributed by atoms with Crippen LogP contribution in [0.2, 0.25) is 0 Å². The second kappa shape index (κ2) is 4.94. The Morgan fingerprint density at radius 2 is 2.06 bits per heavy atom. The fraction of sp³-hybridized carbons (Fsp3) is 0.308. The highest BCUT2D eigenvalue weighted by atomic mass is 16.5. The number of aryl methyl sites for hydroxylation is 1. The first-order chi connectivity index (χ1) is 7.75. The normalized spacial score (nSPS) is 12.6. The summed E-state index contributed by atoms with van der Waals surface area (Å²) in [5.41, 5.74) is 2.47. The Bertz CT molecular complexity index is 420. The summed E-state index contributed by atoms with van der Waals surface area (Å²) < 4.78 is 7.64. The van der Waals surface area contributed by atoms with E-state index in [0.717, 1.165) is 0 Å². The predicted molar refractivity (Wildman–Crippen MR) is 62.9 cm³/mol. The van der Waals surface area contributed by atoms with Gasteiger partial charge in [-0.3, -0.25) is 0 Å². The van der Waals surface area contributed by atoms with Gasteiger partial charge < -0.3 is 9.30 Å². The Labute approximate surface area is 95.7 Å². The van der Waals surface area contributed by atoms with Gasteiger partial charge in [-0.2, -0.15) is 0 Å². The van der Waals surface area contributed by atoms with Gasteiger partial charge in [-0.1, -0.05) is 29.8 Å². The van der Waals surface area contributed by atoms with Crippen molar-refractivity contribution in [2.45, 2.75) is 26.7 Å². The first kappa shape index (κ1) is 10.9. The summed E-state index contributed by atoms with van der Waals surface area (Å²) in [5.74, 6) is 0. The highest BCUT2D eigenvalue weighted by Gasteiger charge is 2.04. The smallest absolute Gasteiger partial charge is 0.124 e. The van der Waals surface area contributed by atoms with Gasteiger partial charge in [0.2, 0.25) is 0 Å². The van der Waals surface area contributed by atoms with Gasteiger partial charge in [0.1, 0.15) is 6.73 Å². The average molecular weight is 216 g/mol. The molecule has 0 aliphatic heterocycles. The monoisotopic (exact) mass is 216 g/mol. The molecule has 0 saturated heterocycles. The van der Waals surface area contributed by atoms with Crippen molar-refractivity contribution in [3.8, 4) is 0 Å². The van der Waals surface area contributed by atoms with E-state index in [0.29, 0.717) is 6.73 Å². The van der Waals surface area contributed by atoms with E-state index < -0.39 is 0 Å². The lowest BCUT2D eigenvalue weighted by molar-refractivity contribution is 0.0166. The van der Waals surface area contributed by atoms with Crippen molar-refractivity contribution < 1.29 is 4.74 Å². The minimum absolute atomic E-state index is 0.1000. The molecule has 3 nitrogen and oxygen atoms in total. The molecule has 0 N–H and O–H groups in total. The first-order valence-corrected chi connectivity index (χ1v) is 5.39. The summed E-state index contributed by atoms with van der Waals surface area (Å²) in [6, 6.07) is 8.42. The SMILES string of the molecule is Cc1ccc(C(C)OCn2ccnc2)cc1. The third-order valence-corrected chi connectivity index (χ3v) is 2.58. The van der Waals surface area contributed by atoms with Crippen LogP contribution >= 0.6 is 0 Å². The van der Waals surface area contributed by atoms with Gasteiger partial charge in [-0.15, -0.1) is 0 Å². The second-order valence-electron chi connectivity index (χ2n) is 3.93. The van der Waals surface area contributed by atoms with Crippen molar-refractivity contribution in [2.75, 3.05) is 0 Å². The molecule has 0 saturated carbocycles. The quantitative estimate of drug-likeness (QED) is 0.785. The number of benzene rings is 1. The van der Waals surface area contributed by atoms with E-state index in [1.54, 1.807) is 12.5 Å². The molecule has 1 unspecified atom stereocenters. The zero-order chi connectivity index (χ0) is 11.4. The van der Waals surface area contributed by atoms with Gasteiger partial charge in [0.05, 0.1) is 12.4 Å². The molecule has 16 heavy (non-hydrogen) atoms. The lowest BCUT2D eigenvalue weighted by Gasteiger charge is -2.13. The Hall–Kier alpha value is -1.61. The van der Waals surface area contributed by atoms with E-state index in [9.17, 15) is 0 Å². The molecule has 0 spiro atoms. The summed E-state index contributed by atoms with van der Waals surface area (Å²) >= 11 is 0. The highest BCUT2D eigenvalue weighted by molar-refractivity contribution is 5.22. The van der Waals surface area contributed by atoms with Crippen molar-refractivity contribution in [3.63, 3.8) is 0 Å². The van der Waals surface area contributed by atoms with E-state index >= 15 is 0 Å². The van der Waals surface area contributed by atoms with Gasteiger partial charge >= 0.3 is 0 Å². The Morgan fingerprint density at radius 3 is 2.69 bits per heavy atom. The minimum Gasteiger partial charge on any atom is -0.353 e. The number of rotatable bonds is 4. The maximum atomic E-state index is 5.74. The zero-order valence-corrected chi connectivity index (χ0v) is 9.63. The molecule has 0 radical (unpaired) electrons. The van der Waals surface area contributed by atoms with Crippen LogP contribution in [0, 0.1) is 6.92 Å². The van der Waals surface area contributed by atoms with Crippen LogP contribution in [0.15, 0.2) is 43.0 Å². The predicted octanol–water partition coefficient (Wildman–Crippen LogP) is 2.93. The van der Waals surface area contributed by atoms with Crippen molar-refractivity contribution in [1.29, 1.82) is 0 Å². The molecule has 1 atom stereocenters. The summed E-state index contributed by atoms with van der Waals surface area (Å²) in [6.07, 6.45) is 5.49. The third-order valence-electron chi connectivity index (χ3n) is 2.58. The molecule has 0 bridgehead atoms. The largest absolute Gasteiger partial charge is 0.353 e. The molecule has 0 fully saturated rings. The van der Waals surface area contributed by atoms with Crippen molar-refractivity contribution in [1.82, 2.24) is 9.55 Å². The van der Waals surface area contributed by atoms with Crippen molar-refractivity contribution in [3.05, 3.63) is 54.1 Å². The van der Waals surface area contributed by atoms with Crippen molar-refractivity contribution in [2.24, 2.45) is 0 Å². The third kappa shape index (κ3) is 2.70. The van der Waals surface area contributed by atoms with E-state index in [1.807, 2.05) is 10.8 Å². The summed E-state index contributed by atoms with van der Waals surface area (Å²) in [4.78, 5) is 3.97. The van der Waals surface area contributed by atoms with Crippen molar-refractivity contribution >= 4 is 0 Å². The molecule has 1 aromatic heterocycles. The van der Waals surface area contributed by atoms with E-state index in [1.165, 1.54) is 11.1 Å². The summed E-state index contributed by atoms with van der Waals surface area (Å²) in [7, 11) is 0. The van der Waals surface area contributed by atoms with Gasteiger partial charge in [-0.25, -0.2) is 4.98 Å². The Morgan fingerprint density at radius 1 is 1.31 bits per heavy atom. The fourth-order valence-electron chi connectivity index (χ4n) is 1.49. The number of aromatic nitrogens is 2. The average Bonchev–Trinajstić information content (AvgIpc) is 2.80. The van der Waals surface area contributed by atoms with Crippen LogP contribution in [0.3, 0.4) is 0 Å². The van der Waals surface area contributed by atoms with Crippen LogP contribution in [-0.2, 0) is 11.5 Å². The molecular weight excluding hydrogens is 200 g/mol. The van der Waals surface area contributed by atoms with Gasteiger partial charge in [0.25, 0.3) is 0 Å². The molecule has 84 valence electrons. The fourth-order valence-corrected chi connectivity index (χ4v) is 1.49. The summed E-state index contributed by atoms with van der Waals surface area (Å²) in [5, 5.41) is 0. The number of nitrogens with zero attached hydrogens (tertiary/aromatic N) is 2. The van der Waals surface area contributed by atoms with Crippen LogP contribution in [0.1, 0.15) is 24.2 Å². The molecular formula is C13H16N2O. The minimum atomic E-state index is 0.1000. The molecule has 0 aliphatic rings. The molecule has 3 heteroatoms. The lowest BCUT2D eigenvalue weighted by atomic mass is 10.1. The molecule has 0 amide bonds. The molecule has 2 rings (SSSR count). The van der Waals surface area contributed by atoms with Crippen LogP contribution in [0.25, 0.3) is 0 Å². The summed E-state index contributed by atoms with van der Waals surface area (Å²) in [6.45, 7) is 4.68. The van der Waals surface area contributed by atoms with Crippen LogP contribution in [0.5, 0.6) is 0 Å². The topological polar surface area (TPSA) is 27.1 Å². The maximum absolute atomic E-state index is 5.74. The van der Waals surface area contributed by atoms with Crippen LogP contribution in [-0.4, -0.2) is 9.55 Å². The van der Waals surface area contributed by atoms with Crippen LogP contribution in [0.4, 0.5) is 0 Å². The van der Waals surface area contributed by atoms with E-state index in [4.69, 9.17) is 4.74 Å². The molecule has 1 heterocycles. The number of imidazole rings is 1. The van der Waals surface area contributed by atoms with Crippen LogP contribution < -0.4 is 0 Å². The number of hydrogen-bond acceptors (Lipinski definition) is 2. The number of hydrogen-bond donors (Lipinski definition) is 0. The highest BCUT2D eigenvalue weighted by Crippen LogP contribution is 2.17. The number of ether oxygens (including phenoxy) is 1. The van der Waals surface area contributed by atoms with Gasteiger partial charge in [0.15, 0.2) is 0 Å². The molecule has 0 aliphatic carbocycles. The Balaban J connectivity index is 1.93. The first-order valence-electron chi connectivity index (χ1n) is 5.39. The lowest BCUT2D eigenvalue weighted by Crippen LogP contribution is -2.04. The molecule has 2 aromatic rings. The molecule has 1 aromatic carbocycles. The van der Waals surface area contributed by atoms with Gasteiger partial charge in [-0.05, 0) is 19.4 Å². The Kier molecular flexibility index (Phi) is 3.37. The maximum Gasteiger partial charge on any atom is 0.124 e. The second-order valence-corrected chi connectivity index (χ2v) is 3.93. The standard InChI is InChI=1S/C13H16N2O/c1-11-3-5-13(6-4-11)12(2)16-10-15-8-7-14-9-15/h3-9,12H,10H2,1-2H3.